The number of amides is 1. The maximum atomic E-state index is 12.5. The molecule has 2 heterocycles. The predicted octanol–water partition coefficient (Wildman–Crippen LogP) is 3.04. The van der Waals surface area contributed by atoms with E-state index in [1.165, 1.54) is 18.7 Å². The fourth-order valence-corrected chi connectivity index (χ4v) is 2.17. The molecule has 0 aliphatic rings. The molecule has 1 N–H and O–H groups in total. The highest BCUT2D eigenvalue weighted by molar-refractivity contribution is 5.93. The van der Waals surface area contributed by atoms with Crippen LogP contribution in [0.4, 0.5) is 11.6 Å². The third-order valence-corrected chi connectivity index (χ3v) is 3.72. The van der Waals surface area contributed by atoms with Gasteiger partial charge in [-0.15, -0.1) is 0 Å². The monoisotopic (exact) mass is 323 g/mol. The fourth-order valence-electron chi connectivity index (χ4n) is 2.17. The summed E-state index contributed by atoms with van der Waals surface area (Å²) < 4.78 is 4.82. The first-order valence-electron chi connectivity index (χ1n) is 7.46. The number of hydrogen-bond acceptors (Lipinski definition) is 6. The van der Waals surface area contributed by atoms with Crippen LogP contribution in [0.25, 0.3) is 0 Å². The zero-order valence-electron chi connectivity index (χ0n) is 13.4. The molecule has 0 aliphatic heterocycles. The van der Waals surface area contributed by atoms with Crippen LogP contribution in [-0.2, 0) is 0 Å². The Kier molecular flexibility index (Phi) is 4.51. The molecule has 3 aromatic rings. The number of carbonyl (C=O) groups is 1. The maximum absolute atomic E-state index is 12.5. The number of benzene rings is 1. The standard InChI is InChI=1S/C17H17N5O2/c1-12(15-8-9-24-21-15)22(2)16(23)13-10-18-17(19-11-13)20-14-6-4-3-5-7-14/h3-12H,1-2H3,(H,18,19,20). The van der Waals surface area contributed by atoms with Gasteiger partial charge in [0.25, 0.3) is 5.91 Å². The smallest absolute Gasteiger partial charge is 0.257 e. The Morgan fingerprint density at radius 3 is 2.50 bits per heavy atom. The van der Waals surface area contributed by atoms with Gasteiger partial charge in [0.1, 0.15) is 12.0 Å². The van der Waals surface area contributed by atoms with E-state index in [2.05, 4.69) is 20.4 Å². The van der Waals surface area contributed by atoms with Gasteiger partial charge < -0.3 is 14.7 Å². The third-order valence-electron chi connectivity index (χ3n) is 3.72. The van der Waals surface area contributed by atoms with E-state index in [4.69, 9.17) is 4.52 Å². The lowest BCUT2D eigenvalue weighted by atomic mass is 10.2. The normalized spacial score (nSPS) is 11.8. The lowest BCUT2D eigenvalue weighted by Crippen LogP contribution is -2.30. The van der Waals surface area contributed by atoms with Crippen molar-refractivity contribution >= 4 is 17.5 Å². The second kappa shape index (κ2) is 6.91. The van der Waals surface area contributed by atoms with Crippen LogP contribution in [-0.4, -0.2) is 33.0 Å². The van der Waals surface area contributed by atoms with Gasteiger partial charge in [0.05, 0.1) is 11.6 Å². The molecule has 0 saturated heterocycles. The Morgan fingerprint density at radius 1 is 1.17 bits per heavy atom. The molecule has 3 rings (SSSR count). The average Bonchev–Trinajstić information content (AvgIpc) is 3.16. The molecular formula is C17H17N5O2. The van der Waals surface area contributed by atoms with Crippen molar-refractivity contribution in [1.29, 1.82) is 0 Å². The number of aromatic nitrogens is 3. The molecule has 0 fully saturated rings. The number of anilines is 2. The van der Waals surface area contributed by atoms with E-state index >= 15 is 0 Å². The molecule has 1 atom stereocenters. The lowest BCUT2D eigenvalue weighted by molar-refractivity contribution is 0.0737. The molecule has 0 spiro atoms. The van der Waals surface area contributed by atoms with Crippen LogP contribution in [0.2, 0.25) is 0 Å². The van der Waals surface area contributed by atoms with Gasteiger partial charge in [-0.05, 0) is 19.1 Å². The quantitative estimate of drug-likeness (QED) is 0.777. The molecule has 24 heavy (non-hydrogen) atoms. The van der Waals surface area contributed by atoms with E-state index in [0.717, 1.165) is 5.69 Å². The SMILES string of the molecule is CC(c1ccon1)N(C)C(=O)c1cnc(Nc2ccccc2)nc1. The first-order chi connectivity index (χ1) is 11.6. The highest BCUT2D eigenvalue weighted by atomic mass is 16.5. The number of nitrogens with zero attached hydrogens (tertiary/aromatic N) is 4. The van der Waals surface area contributed by atoms with E-state index < -0.39 is 0 Å². The number of carbonyl (C=O) groups excluding carboxylic acids is 1. The highest BCUT2D eigenvalue weighted by Gasteiger charge is 2.21. The van der Waals surface area contributed by atoms with Crippen molar-refractivity contribution in [3.05, 3.63) is 66.3 Å². The molecule has 0 aliphatic carbocycles. The Balaban J connectivity index is 1.69. The molecule has 0 radical (unpaired) electrons. The molecular weight excluding hydrogens is 306 g/mol. The van der Waals surface area contributed by atoms with E-state index in [0.29, 0.717) is 17.2 Å². The second-order valence-electron chi connectivity index (χ2n) is 5.30. The Bertz CT molecular complexity index is 788. The molecule has 1 aromatic carbocycles. The van der Waals surface area contributed by atoms with Gasteiger partial charge in [-0.2, -0.15) is 0 Å². The summed E-state index contributed by atoms with van der Waals surface area (Å²) in [5, 5.41) is 6.94. The number of nitrogens with one attached hydrogen (secondary N) is 1. The van der Waals surface area contributed by atoms with E-state index in [1.807, 2.05) is 37.3 Å². The molecule has 0 saturated carbocycles. The van der Waals surface area contributed by atoms with Crippen molar-refractivity contribution in [1.82, 2.24) is 20.0 Å². The first kappa shape index (κ1) is 15.7. The van der Waals surface area contributed by atoms with Gasteiger partial charge >= 0.3 is 0 Å². The minimum Gasteiger partial charge on any atom is -0.364 e. The molecule has 7 heteroatoms. The number of para-hydroxylation sites is 1. The van der Waals surface area contributed by atoms with E-state index in [1.54, 1.807) is 18.0 Å². The summed E-state index contributed by atoms with van der Waals surface area (Å²) in [6.07, 6.45) is 4.50. The van der Waals surface area contributed by atoms with Gasteiger partial charge in [-0.1, -0.05) is 23.4 Å². The summed E-state index contributed by atoms with van der Waals surface area (Å²) in [5.74, 6) is 0.252. The Labute approximate surface area is 139 Å². The van der Waals surface area contributed by atoms with Gasteiger partial charge in [0.2, 0.25) is 5.95 Å². The molecule has 1 unspecified atom stereocenters. The minimum absolute atomic E-state index is 0.184. The molecule has 1 amide bonds. The van der Waals surface area contributed by atoms with Gasteiger partial charge in [0.15, 0.2) is 0 Å². The maximum Gasteiger partial charge on any atom is 0.257 e. The zero-order chi connectivity index (χ0) is 16.9. The van der Waals surface area contributed by atoms with Crippen LogP contribution in [0.15, 0.2) is 59.6 Å². The van der Waals surface area contributed by atoms with Crippen LogP contribution in [0.1, 0.15) is 29.0 Å². The Morgan fingerprint density at radius 2 is 1.88 bits per heavy atom. The summed E-state index contributed by atoms with van der Waals surface area (Å²) in [6, 6.07) is 11.1. The highest BCUT2D eigenvalue weighted by Crippen LogP contribution is 2.19. The predicted molar refractivity (Wildman–Crippen MR) is 88.8 cm³/mol. The van der Waals surface area contributed by atoms with Crippen LogP contribution >= 0.6 is 0 Å². The van der Waals surface area contributed by atoms with Crippen molar-refractivity contribution in [3.63, 3.8) is 0 Å². The number of rotatable bonds is 5. The topological polar surface area (TPSA) is 84.2 Å². The van der Waals surface area contributed by atoms with Crippen molar-refractivity contribution < 1.29 is 9.32 Å². The lowest BCUT2D eigenvalue weighted by Gasteiger charge is -2.22. The molecule has 0 bridgehead atoms. The van der Waals surface area contributed by atoms with Gasteiger partial charge in [0, 0.05) is 31.2 Å². The fraction of sp³-hybridized carbons (Fsp3) is 0.176. The van der Waals surface area contributed by atoms with Crippen LogP contribution < -0.4 is 5.32 Å². The summed E-state index contributed by atoms with van der Waals surface area (Å²) in [5.41, 5.74) is 1.98. The molecule has 2 aromatic heterocycles. The van der Waals surface area contributed by atoms with Gasteiger partial charge in [-0.3, -0.25) is 4.79 Å². The van der Waals surface area contributed by atoms with Crippen molar-refractivity contribution in [2.24, 2.45) is 0 Å². The summed E-state index contributed by atoms with van der Waals surface area (Å²) in [4.78, 5) is 22.5. The van der Waals surface area contributed by atoms with Crippen molar-refractivity contribution in [3.8, 4) is 0 Å². The van der Waals surface area contributed by atoms with Crippen molar-refractivity contribution in [2.45, 2.75) is 13.0 Å². The number of hydrogen-bond donors (Lipinski definition) is 1. The minimum atomic E-state index is -0.210. The van der Waals surface area contributed by atoms with Crippen LogP contribution in [0.5, 0.6) is 0 Å². The second-order valence-corrected chi connectivity index (χ2v) is 5.30. The molecule has 122 valence electrons. The largest absolute Gasteiger partial charge is 0.364 e. The van der Waals surface area contributed by atoms with Crippen molar-refractivity contribution in [2.75, 3.05) is 12.4 Å². The average molecular weight is 323 g/mol. The Hall–Kier alpha value is -3.22. The summed E-state index contributed by atoms with van der Waals surface area (Å²) in [7, 11) is 1.71. The van der Waals surface area contributed by atoms with Gasteiger partial charge in [-0.25, -0.2) is 9.97 Å². The van der Waals surface area contributed by atoms with Crippen LogP contribution in [0.3, 0.4) is 0 Å². The summed E-state index contributed by atoms with van der Waals surface area (Å²) in [6.45, 7) is 1.88. The third kappa shape index (κ3) is 3.40. The van der Waals surface area contributed by atoms with Crippen LogP contribution in [0, 0.1) is 0 Å². The summed E-state index contributed by atoms with van der Waals surface area (Å²) >= 11 is 0. The first-order valence-corrected chi connectivity index (χ1v) is 7.46. The molecule has 7 nitrogen and oxygen atoms in total. The van der Waals surface area contributed by atoms with E-state index in [-0.39, 0.29) is 11.9 Å². The van der Waals surface area contributed by atoms with E-state index in [9.17, 15) is 4.79 Å². The zero-order valence-corrected chi connectivity index (χ0v) is 13.4.